The second-order valence-corrected chi connectivity index (χ2v) is 18.6. The largest absolute Gasteiger partial charge is 0.372 e. The van der Waals surface area contributed by atoms with Gasteiger partial charge in [0.1, 0.15) is 17.8 Å². The number of benzene rings is 2. The van der Waals surface area contributed by atoms with E-state index in [2.05, 4.69) is 68.6 Å². The highest BCUT2D eigenvalue weighted by atomic mass is 19.1. The van der Waals surface area contributed by atoms with E-state index in [0.717, 1.165) is 92.5 Å². The summed E-state index contributed by atoms with van der Waals surface area (Å²) in [6.07, 6.45) is 5.92. The molecule has 4 amide bonds. The van der Waals surface area contributed by atoms with Crippen LogP contribution in [0, 0.1) is 25.6 Å². The predicted octanol–water partition coefficient (Wildman–Crippen LogP) is 7.10. The van der Waals surface area contributed by atoms with E-state index in [-0.39, 0.29) is 17.8 Å². The number of aromatic nitrogens is 6. The van der Waals surface area contributed by atoms with Gasteiger partial charge in [0.15, 0.2) is 0 Å². The fraction of sp³-hybridized carbons (Fsp3) is 0.417. The minimum absolute atomic E-state index is 0.0732. The van der Waals surface area contributed by atoms with Crippen molar-refractivity contribution in [1.82, 2.24) is 45.6 Å². The van der Waals surface area contributed by atoms with Crippen molar-refractivity contribution in [2.24, 2.45) is 5.92 Å². The van der Waals surface area contributed by atoms with Gasteiger partial charge in [0.05, 0.1) is 35.0 Å². The number of aryl methyl sites for hydroxylation is 2. The highest BCUT2D eigenvalue weighted by Crippen LogP contribution is 2.35. The van der Waals surface area contributed by atoms with Crippen LogP contribution in [0.25, 0.3) is 33.7 Å². The van der Waals surface area contributed by atoms with Gasteiger partial charge in [-0.1, -0.05) is 25.9 Å². The lowest BCUT2D eigenvalue weighted by Gasteiger charge is -2.40. The van der Waals surface area contributed by atoms with Crippen molar-refractivity contribution in [1.29, 1.82) is 0 Å². The number of amides is 4. The molecule has 3 saturated heterocycles. The third-order valence-electron chi connectivity index (χ3n) is 12.9. The molecule has 2 aromatic carbocycles. The number of nitrogens with one attached hydrogen (secondary N) is 3. The van der Waals surface area contributed by atoms with E-state index in [4.69, 9.17) is 9.51 Å². The maximum Gasteiger partial charge on any atom is 0.328 e. The van der Waals surface area contributed by atoms with Crippen molar-refractivity contribution in [3.05, 3.63) is 95.3 Å². The van der Waals surface area contributed by atoms with Gasteiger partial charge in [-0.05, 0) is 105 Å². The second kappa shape index (κ2) is 17.7. The van der Waals surface area contributed by atoms with E-state index in [9.17, 15) is 14.4 Å². The van der Waals surface area contributed by atoms with Gasteiger partial charge in [-0.3, -0.25) is 29.7 Å². The molecule has 0 saturated carbocycles. The van der Waals surface area contributed by atoms with E-state index in [0.29, 0.717) is 52.6 Å². The summed E-state index contributed by atoms with van der Waals surface area (Å²) in [6, 6.07) is 14.6. The molecule has 0 bridgehead atoms. The number of pyridine rings is 1. The molecule has 338 valence electrons. The molecular weight excluding hydrogens is 828 g/mol. The van der Waals surface area contributed by atoms with Gasteiger partial charge in [-0.2, -0.15) is 4.98 Å². The fourth-order valence-electron chi connectivity index (χ4n) is 9.19. The van der Waals surface area contributed by atoms with Crippen molar-refractivity contribution in [3.63, 3.8) is 0 Å². The number of imide groups is 1. The van der Waals surface area contributed by atoms with Crippen LogP contribution in [0.4, 0.5) is 26.2 Å². The lowest BCUT2D eigenvalue weighted by Crippen LogP contribution is -2.49. The highest BCUT2D eigenvalue weighted by Gasteiger charge is 2.29. The Kier molecular flexibility index (Phi) is 11.8. The van der Waals surface area contributed by atoms with Gasteiger partial charge in [0, 0.05) is 86.5 Å². The number of carbonyl (C=O) groups excluding carboxylic acids is 3. The lowest BCUT2D eigenvalue weighted by molar-refractivity contribution is -0.120. The zero-order valence-electron chi connectivity index (χ0n) is 37.7. The summed E-state index contributed by atoms with van der Waals surface area (Å²) in [7, 11) is 0. The Bertz CT molecular complexity index is 2750. The number of anilines is 3. The SMILES string of the molecule is Cc1cc(-c2ncnc3[nH]c(-c4ccc(N5CCN(CC6CCN(c7ccc(N8CCC(=O)NC8=O)c(C)c7)CC6)CC5)cn4)cc23)c(F)cc1C(C)NC(=O)c1noc(C(C)(C)C)n1. The number of carbonyl (C=O) groups is 3. The van der Waals surface area contributed by atoms with Crippen LogP contribution in [-0.4, -0.2) is 105 Å². The van der Waals surface area contributed by atoms with Crippen LogP contribution < -0.4 is 25.3 Å². The Morgan fingerprint density at radius 1 is 0.908 bits per heavy atom. The summed E-state index contributed by atoms with van der Waals surface area (Å²) in [5.41, 5.74) is 7.97. The first-order valence-electron chi connectivity index (χ1n) is 22.4. The number of piperidine rings is 1. The minimum Gasteiger partial charge on any atom is -0.372 e. The Hall–Kier alpha value is -6.75. The molecule has 3 aliphatic heterocycles. The van der Waals surface area contributed by atoms with Crippen LogP contribution >= 0.6 is 0 Å². The van der Waals surface area contributed by atoms with Gasteiger partial charge in [-0.15, -0.1) is 0 Å². The van der Waals surface area contributed by atoms with E-state index in [1.807, 2.05) is 59.0 Å². The van der Waals surface area contributed by atoms with Crippen molar-refractivity contribution in [3.8, 4) is 22.6 Å². The number of hydrogen-bond donors (Lipinski definition) is 3. The normalized spacial score (nSPS) is 17.2. The quantitative estimate of drug-likeness (QED) is 0.127. The average Bonchev–Trinajstić information content (AvgIpc) is 3.98. The number of nitrogens with zero attached hydrogens (tertiary/aromatic N) is 9. The van der Waals surface area contributed by atoms with Gasteiger partial charge >= 0.3 is 6.03 Å². The number of H-pyrrole nitrogens is 1. The molecule has 7 heterocycles. The fourth-order valence-corrected chi connectivity index (χ4v) is 9.19. The molecule has 6 aromatic rings. The van der Waals surface area contributed by atoms with Crippen molar-refractivity contribution < 1.29 is 23.3 Å². The molecule has 4 aromatic heterocycles. The molecule has 0 aliphatic carbocycles. The zero-order chi connectivity index (χ0) is 45.6. The first-order chi connectivity index (χ1) is 31.2. The molecule has 3 N–H and O–H groups in total. The van der Waals surface area contributed by atoms with E-state index < -0.39 is 23.2 Å². The van der Waals surface area contributed by atoms with Gasteiger partial charge in [-0.25, -0.2) is 19.2 Å². The topological polar surface area (TPSA) is 182 Å². The summed E-state index contributed by atoms with van der Waals surface area (Å²) in [6.45, 7) is 18.8. The van der Waals surface area contributed by atoms with Crippen molar-refractivity contribution in [2.45, 2.75) is 72.3 Å². The highest BCUT2D eigenvalue weighted by molar-refractivity contribution is 6.06. The molecule has 3 aliphatic rings. The zero-order valence-corrected chi connectivity index (χ0v) is 37.7. The van der Waals surface area contributed by atoms with E-state index in [1.54, 1.807) is 17.9 Å². The van der Waals surface area contributed by atoms with Crippen LogP contribution in [-0.2, 0) is 10.2 Å². The van der Waals surface area contributed by atoms with E-state index in [1.165, 1.54) is 18.1 Å². The smallest absolute Gasteiger partial charge is 0.328 e. The van der Waals surface area contributed by atoms with Crippen LogP contribution in [0.15, 0.2) is 65.6 Å². The molecular formula is C48H55FN12O4. The molecule has 1 atom stereocenters. The van der Waals surface area contributed by atoms with Crippen LogP contribution in [0.2, 0.25) is 0 Å². The van der Waals surface area contributed by atoms with Gasteiger partial charge < -0.3 is 24.6 Å². The first-order valence-corrected chi connectivity index (χ1v) is 22.4. The molecule has 9 rings (SSSR count). The van der Waals surface area contributed by atoms with Gasteiger partial charge in [0.25, 0.3) is 11.7 Å². The summed E-state index contributed by atoms with van der Waals surface area (Å²) < 4.78 is 21.3. The number of fused-ring (bicyclic) bond motifs is 1. The Balaban J connectivity index is 0.783. The lowest BCUT2D eigenvalue weighted by atomic mass is 9.95. The number of halogens is 1. The number of aromatic amines is 1. The summed E-state index contributed by atoms with van der Waals surface area (Å²) in [4.78, 5) is 67.4. The van der Waals surface area contributed by atoms with Gasteiger partial charge in [0.2, 0.25) is 11.8 Å². The van der Waals surface area contributed by atoms with Crippen LogP contribution in [0.3, 0.4) is 0 Å². The second-order valence-electron chi connectivity index (χ2n) is 18.6. The first kappa shape index (κ1) is 43.5. The molecule has 3 fully saturated rings. The van der Waals surface area contributed by atoms with Crippen molar-refractivity contribution in [2.75, 3.05) is 67.1 Å². The van der Waals surface area contributed by atoms with Crippen LogP contribution in [0.1, 0.15) is 86.2 Å². The van der Waals surface area contributed by atoms with Crippen molar-refractivity contribution >= 4 is 45.9 Å². The maximum absolute atomic E-state index is 16.0. The summed E-state index contributed by atoms with van der Waals surface area (Å²) >= 11 is 0. The predicted molar refractivity (Wildman–Crippen MR) is 246 cm³/mol. The number of hydrogen-bond acceptors (Lipinski definition) is 12. The minimum atomic E-state index is -0.531. The monoisotopic (exact) mass is 882 g/mol. The molecule has 65 heavy (non-hydrogen) atoms. The third-order valence-corrected chi connectivity index (χ3v) is 12.9. The third kappa shape index (κ3) is 9.14. The Morgan fingerprint density at radius 3 is 2.35 bits per heavy atom. The van der Waals surface area contributed by atoms with Crippen LogP contribution in [0.5, 0.6) is 0 Å². The summed E-state index contributed by atoms with van der Waals surface area (Å²) in [5, 5.41) is 9.78. The molecule has 0 spiro atoms. The number of rotatable bonds is 10. The average molecular weight is 883 g/mol. The molecule has 0 radical (unpaired) electrons. The molecule has 16 nitrogen and oxygen atoms in total. The number of piperazine rings is 1. The molecule has 17 heteroatoms. The van der Waals surface area contributed by atoms with E-state index >= 15 is 4.39 Å². The summed E-state index contributed by atoms with van der Waals surface area (Å²) in [5.74, 6) is -0.280. The Labute approximate surface area is 377 Å². The Morgan fingerprint density at radius 2 is 1.66 bits per heavy atom. The molecule has 1 unspecified atom stereocenters. The maximum atomic E-state index is 16.0. The standard InChI is InChI=1S/C48H55FN12O4/c1-28-22-35(37(49)23-34(28)30(3)53-45(63)44-56-46(65-57-44)48(4,5)6)42-36-24-39(54-43(36)52-27-51-42)38-9-7-33(25-50-38)60-19-17-58(18-20-60)26-31-11-14-59(15-12-31)32-8-10-40(29(2)21-32)61-16-13-41(62)55-47(61)64/h7-10,21-25,27,30-31H,11-20,26H2,1-6H3,(H,53,63)(H,51,52,54)(H,55,62,64). The number of urea groups is 1.